The van der Waals surface area contributed by atoms with Gasteiger partial charge in [0.15, 0.2) is 0 Å². The highest BCUT2D eigenvalue weighted by Crippen LogP contribution is 2.30. The van der Waals surface area contributed by atoms with E-state index in [0.29, 0.717) is 6.42 Å². The summed E-state index contributed by atoms with van der Waals surface area (Å²) < 4.78 is -1.95. The van der Waals surface area contributed by atoms with Crippen LogP contribution in [0.1, 0.15) is 22.5 Å². The normalized spacial score (nSPS) is 12.2. The van der Waals surface area contributed by atoms with Crippen LogP contribution in [0.4, 0.5) is 0 Å². The Labute approximate surface area is 108 Å². The molecular formula is C10H10Cl3NO2. The quantitative estimate of drug-likeness (QED) is 0.659. The smallest absolute Gasteiger partial charge is 0.254 e. The van der Waals surface area contributed by atoms with E-state index in [1.165, 1.54) is 0 Å². The number of aromatic nitrogens is 1. The number of alkyl halides is 3. The molecule has 0 aliphatic rings. The summed E-state index contributed by atoms with van der Waals surface area (Å²) in [7, 11) is 0. The third-order valence-corrected chi connectivity index (χ3v) is 2.33. The van der Waals surface area contributed by atoms with Crippen molar-refractivity contribution in [1.29, 1.82) is 0 Å². The van der Waals surface area contributed by atoms with Gasteiger partial charge >= 0.3 is 0 Å². The van der Waals surface area contributed by atoms with Crippen LogP contribution in [0.5, 0.6) is 0 Å². The number of halogens is 3. The zero-order chi connectivity index (χ0) is 12.2. The second-order valence-corrected chi connectivity index (χ2v) is 5.37. The van der Waals surface area contributed by atoms with E-state index >= 15 is 0 Å². The van der Waals surface area contributed by atoms with Crippen LogP contribution in [0, 0.1) is 0 Å². The first-order valence-corrected chi connectivity index (χ1v) is 5.66. The lowest BCUT2D eigenvalue weighted by molar-refractivity contribution is 0.0992. The van der Waals surface area contributed by atoms with Gasteiger partial charge in [-0.15, -0.1) is 0 Å². The molecular weight excluding hydrogens is 272 g/mol. The van der Waals surface area contributed by atoms with Crippen LogP contribution in [0.15, 0.2) is 18.3 Å². The number of aromatic amines is 1. The maximum absolute atomic E-state index is 11.5. The zero-order valence-electron chi connectivity index (χ0n) is 8.21. The summed E-state index contributed by atoms with van der Waals surface area (Å²) in [6, 6.07) is 1.58. The first-order valence-electron chi connectivity index (χ1n) is 4.52. The Kier molecular flexibility index (Phi) is 4.87. The van der Waals surface area contributed by atoms with Crippen LogP contribution in [0.3, 0.4) is 0 Å². The Morgan fingerprint density at radius 1 is 1.50 bits per heavy atom. The highest BCUT2D eigenvalue weighted by Gasteiger charge is 2.32. The van der Waals surface area contributed by atoms with Gasteiger partial charge in [-0.25, -0.2) is 0 Å². The van der Waals surface area contributed by atoms with Crippen LogP contribution in [0.2, 0.25) is 0 Å². The summed E-state index contributed by atoms with van der Waals surface area (Å²) >= 11 is 16.4. The Morgan fingerprint density at radius 2 is 2.19 bits per heavy atom. The highest BCUT2D eigenvalue weighted by molar-refractivity contribution is 6.77. The summed E-state index contributed by atoms with van der Waals surface area (Å²) in [6.45, 7) is 0.0842. The maximum atomic E-state index is 11.5. The molecule has 0 radical (unpaired) electrons. The van der Waals surface area contributed by atoms with Gasteiger partial charge in [-0.1, -0.05) is 47.0 Å². The topological polar surface area (TPSA) is 53.1 Å². The Hall–Kier alpha value is -0.480. The van der Waals surface area contributed by atoms with Crippen LogP contribution >= 0.6 is 34.8 Å². The van der Waals surface area contributed by atoms with Gasteiger partial charge in [-0.3, -0.25) is 4.79 Å². The molecule has 1 aromatic heterocycles. The van der Waals surface area contributed by atoms with Crippen molar-refractivity contribution < 1.29 is 9.90 Å². The summed E-state index contributed by atoms with van der Waals surface area (Å²) in [5.74, 6) is -0.598. The molecule has 0 amide bonds. The molecule has 3 nitrogen and oxygen atoms in total. The molecule has 0 spiro atoms. The van der Waals surface area contributed by atoms with Crippen LogP contribution in [-0.4, -0.2) is 26.3 Å². The number of hydrogen-bond acceptors (Lipinski definition) is 2. The predicted molar refractivity (Wildman–Crippen MR) is 66.2 cm³/mol. The van der Waals surface area contributed by atoms with Crippen molar-refractivity contribution in [3.63, 3.8) is 0 Å². The van der Waals surface area contributed by atoms with Crippen molar-refractivity contribution in [3.05, 3.63) is 29.6 Å². The van der Waals surface area contributed by atoms with E-state index < -0.39 is 9.58 Å². The molecule has 0 saturated carbocycles. The number of carbonyl (C=O) groups excluding carboxylic acids is 1. The van der Waals surface area contributed by atoms with Gasteiger partial charge in [0.25, 0.3) is 3.79 Å². The minimum atomic E-state index is -1.95. The van der Waals surface area contributed by atoms with Gasteiger partial charge in [0, 0.05) is 12.8 Å². The number of ketones is 1. The lowest BCUT2D eigenvalue weighted by Crippen LogP contribution is -2.19. The van der Waals surface area contributed by atoms with Crippen molar-refractivity contribution in [2.75, 3.05) is 6.61 Å². The van der Waals surface area contributed by atoms with Gasteiger partial charge in [0.05, 0.1) is 5.69 Å². The zero-order valence-corrected chi connectivity index (χ0v) is 10.5. The van der Waals surface area contributed by atoms with Gasteiger partial charge in [-0.2, -0.15) is 0 Å². The summed E-state index contributed by atoms with van der Waals surface area (Å²) in [5, 5.41) is 8.58. The second-order valence-electron chi connectivity index (χ2n) is 3.09. The second kappa shape index (κ2) is 5.73. The van der Waals surface area contributed by atoms with E-state index in [1.807, 2.05) is 0 Å². The molecule has 1 rings (SSSR count). The third kappa shape index (κ3) is 3.83. The fraction of sp³-hybridized carbons (Fsp3) is 0.300. The van der Waals surface area contributed by atoms with E-state index in [-0.39, 0.29) is 12.3 Å². The van der Waals surface area contributed by atoms with Crippen molar-refractivity contribution in [2.45, 2.75) is 10.2 Å². The number of aliphatic hydroxyl groups is 1. The molecule has 0 aliphatic carbocycles. The molecule has 0 aromatic carbocycles. The standard InChI is InChI=1S/C10H10Cl3NO2/c11-10(12,13)9(16)8-5-7(6-14-8)3-1-2-4-15/h1,3,5-6,14-15H,2,4H2. The minimum absolute atomic E-state index is 0.0842. The lowest BCUT2D eigenvalue weighted by Gasteiger charge is -2.06. The average molecular weight is 283 g/mol. The largest absolute Gasteiger partial charge is 0.396 e. The van der Waals surface area contributed by atoms with Crippen LogP contribution in [-0.2, 0) is 0 Å². The Bertz CT molecular complexity index is 393. The molecule has 0 unspecified atom stereocenters. The Morgan fingerprint density at radius 3 is 2.75 bits per heavy atom. The molecule has 0 aliphatic heterocycles. The van der Waals surface area contributed by atoms with Gasteiger partial charge in [-0.05, 0) is 18.1 Å². The Balaban J connectivity index is 2.76. The molecule has 1 heterocycles. The van der Waals surface area contributed by atoms with E-state index in [1.54, 1.807) is 24.4 Å². The van der Waals surface area contributed by atoms with E-state index in [0.717, 1.165) is 5.56 Å². The molecule has 0 bridgehead atoms. The van der Waals surface area contributed by atoms with Crippen molar-refractivity contribution >= 4 is 46.7 Å². The molecule has 88 valence electrons. The molecule has 16 heavy (non-hydrogen) atoms. The summed E-state index contributed by atoms with van der Waals surface area (Å²) in [6.07, 6.45) is 5.73. The first-order chi connectivity index (χ1) is 7.45. The highest BCUT2D eigenvalue weighted by atomic mass is 35.6. The molecule has 0 fully saturated rings. The number of nitrogens with one attached hydrogen (secondary N) is 1. The number of rotatable bonds is 4. The SMILES string of the molecule is O=C(c1cc(C=CCCO)c[nH]1)C(Cl)(Cl)Cl. The average Bonchev–Trinajstić information content (AvgIpc) is 2.64. The fourth-order valence-electron chi connectivity index (χ4n) is 1.09. The molecule has 1 aromatic rings. The van der Waals surface area contributed by atoms with Gasteiger partial charge in [0.2, 0.25) is 5.78 Å². The van der Waals surface area contributed by atoms with E-state index in [2.05, 4.69) is 4.98 Å². The molecule has 0 saturated heterocycles. The number of carbonyl (C=O) groups is 1. The maximum Gasteiger partial charge on any atom is 0.254 e. The first kappa shape index (κ1) is 13.6. The number of aliphatic hydroxyl groups excluding tert-OH is 1. The summed E-state index contributed by atoms with van der Waals surface area (Å²) in [5.41, 5.74) is 1.02. The van der Waals surface area contributed by atoms with Gasteiger partial charge < -0.3 is 10.1 Å². The monoisotopic (exact) mass is 281 g/mol. The minimum Gasteiger partial charge on any atom is -0.396 e. The van der Waals surface area contributed by atoms with Crippen molar-refractivity contribution in [1.82, 2.24) is 4.98 Å². The molecule has 6 heteroatoms. The van der Waals surface area contributed by atoms with Gasteiger partial charge in [0.1, 0.15) is 0 Å². The summed E-state index contributed by atoms with van der Waals surface area (Å²) in [4.78, 5) is 14.2. The lowest BCUT2D eigenvalue weighted by atomic mass is 10.2. The fourth-order valence-corrected chi connectivity index (χ4v) is 1.39. The van der Waals surface area contributed by atoms with Crippen molar-refractivity contribution in [3.8, 4) is 0 Å². The number of Topliss-reactive ketones (excluding diaryl/α,β-unsaturated/α-hetero) is 1. The van der Waals surface area contributed by atoms with E-state index in [4.69, 9.17) is 39.9 Å². The molecule has 0 atom stereocenters. The predicted octanol–water partition coefficient (Wildman–Crippen LogP) is 2.96. The molecule has 2 N–H and O–H groups in total. The number of H-pyrrole nitrogens is 1. The van der Waals surface area contributed by atoms with E-state index in [9.17, 15) is 4.79 Å². The van der Waals surface area contributed by atoms with Crippen LogP contribution < -0.4 is 0 Å². The number of hydrogen-bond donors (Lipinski definition) is 2. The van der Waals surface area contributed by atoms with Crippen molar-refractivity contribution in [2.24, 2.45) is 0 Å². The van der Waals surface area contributed by atoms with Crippen LogP contribution in [0.25, 0.3) is 6.08 Å². The third-order valence-electron chi connectivity index (χ3n) is 1.81.